The summed E-state index contributed by atoms with van der Waals surface area (Å²) >= 11 is 0. The summed E-state index contributed by atoms with van der Waals surface area (Å²) in [4.78, 5) is 33.6. The van der Waals surface area contributed by atoms with E-state index in [4.69, 9.17) is 4.74 Å². The number of β-amino-alcohol motifs (C(OH)–C–C–N with tert-alkyl or cyclic N) is 1. The van der Waals surface area contributed by atoms with Gasteiger partial charge in [0.1, 0.15) is 12.7 Å². The summed E-state index contributed by atoms with van der Waals surface area (Å²) in [5.41, 5.74) is 3.59. The number of piperidine rings is 1. The zero-order chi connectivity index (χ0) is 23.4. The molecular formula is C23H25N7O4. The van der Waals surface area contributed by atoms with Crippen LogP contribution in [0.25, 0.3) is 16.7 Å². The van der Waals surface area contributed by atoms with Gasteiger partial charge in [0.2, 0.25) is 5.91 Å². The van der Waals surface area contributed by atoms with Gasteiger partial charge in [0, 0.05) is 13.1 Å². The summed E-state index contributed by atoms with van der Waals surface area (Å²) in [5, 5.41) is 22.5. The van der Waals surface area contributed by atoms with Gasteiger partial charge in [0.25, 0.3) is 0 Å². The predicted octanol–water partition coefficient (Wildman–Crippen LogP) is 0.851. The molecule has 3 aromatic heterocycles. The molecule has 1 atom stereocenters. The number of aromatic nitrogens is 5. The van der Waals surface area contributed by atoms with Crippen LogP contribution in [0.5, 0.6) is 0 Å². The number of tetrazole rings is 1. The Morgan fingerprint density at radius 2 is 1.91 bits per heavy atom. The number of rotatable bonds is 4. The molecule has 0 aliphatic carbocycles. The number of carbonyl (C=O) groups excluding carboxylic acids is 2. The standard InChI is InChI=1S/C23H25N7O4/c1-14-18(13-34-21(14)32)29-11-8-23(22(29)33)6-9-28(10-7-23)12-19(31)16-2-4-17-15(24-16)3-5-20-25-26-27-30(17)20/h2-5,19,31H,6-13H2,1H3. The minimum absolute atomic E-state index is 0.102. The zero-order valence-electron chi connectivity index (χ0n) is 18.8. The average Bonchev–Trinajstić information content (AvgIpc) is 3.54. The number of fused-ring (bicyclic) bond motifs is 3. The van der Waals surface area contributed by atoms with E-state index < -0.39 is 11.5 Å². The first-order valence-corrected chi connectivity index (χ1v) is 11.5. The lowest BCUT2D eigenvalue weighted by molar-refractivity contribution is -0.138. The van der Waals surface area contributed by atoms with Crippen LogP contribution in [0.15, 0.2) is 35.5 Å². The van der Waals surface area contributed by atoms with Gasteiger partial charge in [-0.05, 0) is 74.0 Å². The molecule has 1 unspecified atom stereocenters. The molecule has 11 heteroatoms. The maximum absolute atomic E-state index is 13.3. The zero-order valence-corrected chi connectivity index (χ0v) is 18.8. The number of amides is 1. The molecule has 1 amide bonds. The third kappa shape index (κ3) is 3.26. The molecule has 1 spiro atoms. The van der Waals surface area contributed by atoms with Crippen LogP contribution < -0.4 is 0 Å². The van der Waals surface area contributed by atoms with E-state index >= 15 is 0 Å². The number of aliphatic hydroxyl groups is 1. The van der Waals surface area contributed by atoms with E-state index in [1.807, 2.05) is 12.1 Å². The number of nitrogens with zero attached hydrogens (tertiary/aromatic N) is 7. The molecule has 0 radical (unpaired) electrons. The van der Waals surface area contributed by atoms with Gasteiger partial charge in [-0.3, -0.25) is 4.79 Å². The smallest absolute Gasteiger partial charge is 0.336 e. The Balaban J connectivity index is 1.12. The monoisotopic (exact) mass is 463 g/mol. The summed E-state index contributed by atoms with van der Waals surface area (Å²) < 4.78 is 6.72. The summed E-state index contributed by atoms with van der Waals surface area (Å²) in [6.45, 7) is 4.43. The van der Waals surface area contributed by atoms with E-state index in [9.17, 15) is 14.7 Å². The fraction of sp³-hybridized carbons (Fsp3) is 0.478. The number of hydrogen-bond donors (Lipinski definition) is 1. The second-order valence-electron chi connectivity index (χ2n) is 9.37. The molecular weight excluding hydrogens is 438 g/mol. The van der Waals surface area contributed by atoms with Crippen LogP contribution in [0.2, 0.25) is 0 Å². The third-order valence-corrected chi connectivity index (χ3v) is 7.54. The van der Waals surface area contributed by atoms with Crippen molar-refractivity contribution >= 4 is 28.6 Å². The Hall–Kier alpha value is -3.44. The molecule has 3 aromatic rings. The molecule has 2 saturated heterocycles. The van der Waals surface area contributed by atoms with Crippen molar-refractivity contribution < 1.29 is 19.4 Å². The second-order valence-corrected chi connectivity index (χ2v) is 9.37. The largest absolute Gasteiger partial charge is 0.456 e. The van der Waals surface area contributed by atoms with Crippen molar-refractivity contribution in [3.63, 3.8) is 0 Å². The number of ether oxygens (including phenoxy) is 1. The molecule has 3 aliphatic rings. The van der Waals surface area contributed by atoms with E-state index in [0.29, 0.717) is 41.2 Å². The van der Waals surface area contributed by atoms with Gasteiger partial charge in [-0.1, -0.05) is 0 Å². The van der Waals surface area contributed by atoms with Gasteiger partial charge >= 0.3 is 5.97 Å². The molecule has 1 N–H and O–H groups in total. The summed E-state index contributed by atoms with van der Waals surface area (Å²) in [6.07, 6.45) is 1.51. The first kappa shape index (κ1) is 21.1. The first-order chi connectivity index (χ1) is 16.4. The molecule has 2 fully saturated rings. The Kier molecular flexibility index (Phi) is 4.85. The lowest BCUT2D eigenvalue weighted by Gasteiger charge is -2.38. The normalized spacial score (nSPS) is 21.9. The number of aliphatic hydroxyl groups excluding tert-OH is 1. The predicted molar refractivity (Wildman–Crippen MR) is 119 cm³/mol. The number of cyclic esters (lactones) is 1. The highest BCUT2D eigenvalue weighted by Gasteiger charge is 2.50. The quantitative estimate of drug-likeness (QED) is 0.560. The van der Waals surface area contributed by atoms with Crippen molar-refractivity contribution in [3.8, 4) is 0 Å². The Bertz CT molecular complexity index is 1340. The fourth-order valence-electron chi connectivity index (χ4n) is 5.39. The number of hydrogen-bond acceptors (Lipinski definition) is 9. The van der Waals surface area contributed by atoms with Crippen LogP contribution in [0, 0.1) is 5.41 Å². The van der Waals surface area contributed by atoms with Gasteiger partial charge < -0.3 is 19.6 Å². The van der Waals surface area contributed by atoms with Crippen molar-refractivity contribution in [1.29, 1.82) is 0 Å². The van der Waals surface area contributed by atoms with Crippen molar-refractivity contribution in [1.82, 2.24) is 34.8 Å². The van der Waals surface area contributed by atoms with Crippen LogP contribution in [0.1, 0.15) is 38.0 Å². The maximum atomic E-state index is 13.3. The van der Waals surface area contributed by atoms with Crippen molar-refractivity contribution in [2.75, 3.05) is 32.8 Å². The first-order valence-electron chi connectivity index (χ1n) is 11.5. The molecule has 0 bridgehead atoms. The second kappa shape index (κ2) is 7.81. The molecule has 11 nitrogen and oxygen atoms in total. The molecule has 0 saturated carbocycles. The Morgan fingerprint density at radius 3 is 2.68 bits per heavy atom. The summed E-state index contributed by atoms with van der Waals surface area (Å²) in [7, 11) is 0. The molecule has 6 rings (SSSR count). The number of carbonyl (C=O) groups is 2. The van der Waals surface area contributed by atoms with Crippen LogP contribution in [-0.4, -0.2) is 84.6 Å². The highest BCUT2D eigenvalue weighted by atomic mass is 16.5. The Labute approximate surface area is 195 Å². The number of pyridine rings is 2. The van der Waals surface area contributed by atoms with Crippen LogP contribution in [0.4, 0.5) is 0 Å². The van der Waals surface area contributed by atoms with Crippen molar-refractivity contribution in [2.24, 2.45) is 5.41 Å². The van der Waals surface area contributed by atoms with E-state index in [-0.39, 0.29) is 18.5 Å². The maximum Gasteiger partial charge on any atom is 0.336 e. The van der Waals surface area contributed by atoms with E-state index in [1.165, 1.54) is 0 Å². The van der Waals surface area contributed by atoms with Crippen LogP contribution >= 0.6 is 0 Å². The van der Waals surface area contributed by atoms with Gasteiger partial charge in [-0.25, -0.2) is 9.78 Å². The SMILES string of the molecule is CC1=C(N2CCC3(CCN(CC(O)c4ccc5c(ccc6nnnn65)n4)CC3)C2=O)COC1=O. The molecule has 176 valence electrons. The van der Waals surface area contributed by atoms with Gasteiger partial charge in [0.05, 0.1) is 33.4 Å². The van der Waals surface area contributed by atoms with E-state index in [0.717, 1.165) is 37.9 Å². The molecule has 0 aromatic carbocycles. The highest BCUT2D eigenvalue weighted by Crippen LogP contribution is 2.43. The molecule has 34 heavy (non-hydrogen) atoms. The molecule has 3 aliphatic heterocycles. The van der Waals surface area contributed by atoms with E-state index in [2.05, 4.69) is 25.4 Å². The number of esters is 1. The van der Waals surface area contributed by atoms with Crippen LogP contribution in [-0.2, 0) is 14.3 Å². The lowest BCUT2D eigenvalue weighted by Crippen LogP contribution is -2.45. The third-order valence-electron chi connectivity index (χ3n) is 7.54. The highest BCUT2D eigenvalue weighted by molar-refractivity contribution is 5.94. The van der Waals surface area contributed by atoms with Crippen molar-refractivity contribution in [2.45, 2.75) is 32.3 Å². The average molecular weight is 463 g/mol. The molecule has 6 heterocycles. The Morgan fingerprint density at radius 1 is 1.12 bits per heavy atom. The fourth-order valence-corrected chi connectivity index (χ4v) is 5.39. The topological polar surface area (TPSA) is 126 Å². The van der Waals surface area contributed by atoms with Gasteiger partial charge in [-0.2, -0.15) is 4.52 Å². The minimum atomic E-state index is -0.742. The summed E-state index contributed by atoms with van der Waals surface area (Å²) in [6, 6.07) is 7.32. The lowest BCUT2D eigenvalue weighted by atomic mass is 9.77. The van der Waals surface area contributed by atoms with Crippen LogP contribution in [0.3, 0.4) is 0 Å². The van der Waals surface area contributed by atoms with E-state index in [1.54, 1.807) is 28.5 Å². The summed E-state index contributed by atoms with van der Waals surface area (Å²) in [5.74, 6) is -0.234. The van der Waals surface area contributed by atoms with Gasteiger partial charge in [0.15, 0.2) is 5.65 Å². The van der Waals surface area contributed by atoms with Crippen molar-refractivity contribution in [3.05, 3.63) is 41.2 Å². The number of likely N-dealkylation sites (tertiary alicyclic amines) is 2. The minimum Gasteiger partial charge on any atom is -0.456 e. The van der Waals surface area contributed by atoms with Gasteiger partial charge in [-0.15, -0.1) is 5.10 Å².